The Morgan fingerprint density at radius 3 is 1.38 bits per heavy atom. The van der Waals surface area contributed by atoms with E-state index in [1.165, 1.54) is 0 Å². The van der Waals surface area contributed by atoms with E-state index >= 15 is 0 Å². The molecule has 1 rings (SSSR count). The lowest BCUT2D eigenvalue weighted by atomic mass is 9.86. The molecule has 10 heteroatoms. The number of Topliss-reactive ketones (excluding diaryl/α,β-unsaturated/α-hetero) is 3. The second kappa shape index (κ2) is 8.12. The number of carbonyl (C=O) groups is 3. The van der Waals surface area contributed by atoms with Gasteiger partial charge in [0.2, 0.25) is 0 Å². The summed E-state index contributed by atoms with van der Waals surface area (Å²) in [6, 6.07) is 6.76. The van der Waals surface area contributed by atoms with Crippen LogP contribution in [0.1, 0.15) is 31.1 Å². The molecule has 0 saturated heterocycles. The van der Waals surface area contributed by atoms with Crippen LogP contribution in [0.5, 0.6) is 0 Å². The molecule has 26 heavy (non-hydrogen) atoms. The number of hydrogen-bond acceptors (Lipinski definition) is 3. The van der Waals surface area contributed by atoms with Gasteiger partial charge in [-0.15, -0.1) is 0 Å². The van der Waals surface area contributed by atoms with Crippen LogP contribution in [0.3, 0.4) is 0 Å². The van der Waals surface area contributed by atoms with Gasteiger partial charge in [0.1, 0.15) is 0 Å². The maximum Gasteiger partial charge on any atom is 0.458 e. The molecule has 0 amide bonds. The summed E-state index contributed by atoms with van der Waals surface area (Å²) in [4.78, 5) is 34.3. The van der Waals surface area contributed by atoms with Crippen LogP contribution in [-0.4, -0.2) is 29.7 Å². The molecule has 1 aromatic carbocycles. The summed E-state index contributed by atoms with van der Waals surface area (Å²) in [5, 5.41) is 0. The van der Waals surface area contributed by atoms with Crippen molar-refractivity contribution in [3.05, 3.63) is 41.2 Å². The van der Waals surface area contributed by atoms with Crippen molar-refractivity contribution in [3.63, 3.8) is 0 Å². The van der Waals surface area contributed by atoms with Crippen LogP contribution in [-0.2, 0) is 9.59 Å². The van der Waals surface area contributed by atoms with Gasteiger partial charge in [0.05, 0.1) is 6.57 Å². The van der Waals surface area contributed by atoms with Crippen LogP contribution in [0.15, 0.2) is 24.3 Å². The van der Waals surface area contributed by atoms with E-state index in [0.717, 1.165) is 0 Å². The monoisotopic (exact) mass is 381 g/mol. The van der Waals surface area contributed by atoms with Gasteiger partial charge < -0.3 is 0 Å². The number of hydrogen-bond donors (Lipinski definition) is 0. The van der Waals surface area contributed by atoms with Crippen molar-refractivity contribution in [3.8, 4) is 0 Å². The summed E-state index contributed by atoms with van der Waals surface area (Å²) in [5.41, 5.74) is 0.875. The highest BCUT2D eigenvalue weighted by Gasteiger charge is 2.54. The molecule has 0 aliphatic rings. The molecule has 0 saturated carbocycles. The first-order chi connectivity index (χ1) is 11.5. The summed E-state index contributed by atoms with van der Waals surface area (Å²) in [5.74, 6) is -6.71. The molecule has 0 aliphatic carbocycles. The topological polar surface area (TPSA) is 55.6 Å². The Kier molecular flexibility index (Phi) is 7.28. The van der Waals surface area contributed by atoms with Crippen molar-refractivity contribution in [1.82, 2.24) is 0 Å². The minimum absolute atomic E-state index is 0.106. The maximum absolute atomic E-state index is 11.8. The van der Waals surface area contributed by atoms with Gasteiger partial charge in [-0.1, -0.05) is 45.0 Å². The molecular weight excluding hydrogens is 368 g/mol. The number of rotatable bonds is 2. The molecule has 0 spiro atoms. The Morgan fingerprint density at radius 1 is 0.808 bits per heavy atom. The third kappa shape index (κ3) is 7.04. The number of alkyl halides is 6. The summed E-state index contributed by atoms with van der Waals surface area (Å²) >= 11 is 0. The number of halogens is 6. The van der Waals surface area contributed by atoms with Crippen LogP contribution in [0.25, 0.3) is 4.85 Å². The normalized spacial score (nSPS) is 11.7. The van der Waals surface area contributed by atoms with Gasteiger partial charge in [-0.2, -0.15) is 26.3 Å². The molecule has 0 atom stereocenters. The zero-order chi connectivity index (χ0) is 20.9. The molecular formula is C16H13F6NO3. The maximum atomic E-state index is 11.8. The molecule has 0 aromatic heterocycles. The third-order valence-electron chi connectivity index (χ3n) is 2.66. The lowest BCUT2D eigenvalue weighted by Gasteiger charge is -2.16. The molecule has 4 nitrogen and oxygen atoms in total. The van der Waals surface area contributed by atoms with E-state index in [2.05, 4.69) is 4.85 Å². The van der Waals surface area contributed by atoms with Gasteiger partial charge in [0.25, 0.3) is 0 Å². The van der Waals surface area contributed by atoms with E-state index in [1.54, 1.807) is 24.3 Å². The van der Waals surface area contributed by atoms with Crippen molar-refractivity contribution < 1.29 is 40.7 Å². The van der Waals surface area contributed by atoms with Crippen LogP contribution < -0.4 is 0 Å². The summed E-state index contributed by atoms with van der Waals surface area (Å²) in [6.45, 7) is 12.4. The molecule has 0 aliphatic heterocycles. The van der Waals surface area contributed by atoms with Crippen LogP contribution in [0, 0.1) is 12.0 Å². The quantitative estimate of drug-likeness (QED) is 0.323. The molecule has 0 heterocycles. The van der Waals surface area contributed by atoms with Gasteiger partial charge in [0.15, 0.2) is 11.5 Å². The van der Waals surface area contributed by atoms with Crippen molar-refractivity contribution >= 4 is 23.0 Å². The third-order valence-corrected chi connectivity index (χ3v) is 2.66. The van der Waals surface area contributed by atoms with E-state index in [-0.39, 0.29) is 11.2 Å². The Labute approximate surface area is 144 Å². The van der Waals surface area contributed by atoms with E-state index in [1.807, 2.05) is 20.8 Å². The first-order valence-electron chi connectivity index (χ1n) is 6.76. The first kappa shape index (κ1) is 23.3. The van der Waals surface area contributed by atoms with Crippen LogP contribution in [0.2, 0.25) is 0 Å². The lowest BCUT2D eigenvalue weighted by molar-refractivity contribution is -0.193. The number of ketones is 3. The average Bonchev–Trinajstić information content (AvgIpc) is 2.50. The zero-order valence-electron chi connectivity index (χ0n) is 13.7. The Bertz CT molecular complexity index is 695. The fourth-order valence-electron chi connectivity index (χ4n) is 1.38. The summed E-state index contributed by atoms with van der Waals surface area (Å²) in [7, 11) is 0. The van der Waals surface area contributed by atoms with Gasteiger partial charge in [-0.05, 0) is 0 Å². The SMILES string of the molecule is O=C(C(=O)C(F)(F)F)C(F)(F)F.[C-]#[N+]c1ccc(C(=O)C(C)(C)C)cc1. The molecule has 0 fully saturated rings. The van der Waals surface area contributed by atoms with Crippen molar-refractivity contribution in [1.29, 1.82) is 0 Å². The Morgan fingerprint density at radius 2 is 1.15 bits per heavy atom. The first-order valence-corrected chi connectivity index (χ1v) is 6.76. The highest BCUT2D eigenvalue weighted by atomic mass is 19.4. The van der Waals surface area contributed by atoms with Gasteiger partial charge in [0, 0.05) is 11.0 Å². The summed E-state index contributed by atoms with van der Waals surface area (Å²) < 4.78 is 67.0. The summed E-state index contributed by atoms with van der Waals surface area (Å²) in [6.07, 6.45) is -11.5. The number of benzene rings is 1. The highest BCUT2D eigenvalue weighted by Crippen LogP contribution is 2.24. The van der Waals surface area contributed by atoms with E-state index in [0.29, 0.717) is 11.3 Å². The fraction of sp³-hybridized carbons (Fsp3) is 0.375. The highest BCUT2D eigenvalue weighted by molar-refractivity contribution is 6.41. The van der Waals surface area contributed by atoms with Gasteiger partial charge in [-0.3, -0.25) is 14.4 Å². The fourth-order valence-corrected chi connectivity index (χ4v) is 1.38. The number of nitrogens with zero attached hydrogens (tertiary/aromatic N) is 1. The minimum atomic E-state index is -5.77. The van der Waals surface area contributed by atoms with E-state index in [9.17, 15) is 40.7 Å². The molecule has 142 valence electrons. The number of carbonyl (C=O) groups excluding carboxylic acids is 3. The molecule has 0 unspecified atom stereocenters. The van der Waals surface area contributed by atoms with Crippen molar-refractivity contribution in [2.45, 2.75) is 33.1 Å². The zero-order valence-corrected chi connectivity index (χ0v) is 13.7. The predicted octanol–water partition coefficient (Wildman–Crippen LogP) is 4.72. The average molecular weight is 381 g/mol. The van der Waals surface area contributed by atoms with Gasteiger partial charge in [-0.25, -0.2) is 4.85 Å². The van der Waals surface area contributed by atoms with E-state index < -0.39 is 23.9 Å². The molecule has 0 N–H and O–H groups in total. The minimum Gasteiger partial charge on any atom is -0.294 e. The van der Waals surface area contributed by atoms with Crippen molar-refractivity contribution in [2.24, 2.45) is 5.41 Å². The second-order valence-corrected chi connectivity index (χ2v) is 5.89. The lowest BCUT2D eigenvalue weighted by Crippen LogP contribution is -2.39. The standard InChI is InChI=1S/C12H13NO.C4F6O2/c1-12(2,3)11(14)9-5-7-10(13-4)8-6-9;5-3(6,7)1(11)2(12)4(8,9)10/h5-8H,1-3H3;. The Hall–Kier alpha value is -2.70. The van der Waals surface area contributed by atoms with Gasteiger partial charge >= 0.3 is 23.9 Å². The smallest absolute Gasteiger partial charge is 0.294 e. The second-order valence-electron chi connectivity index (χ2n) is 5.89. The van der Waals surface area contributed by atoms with Crippen LogP contribution >= 0.6 is 0 Å². The predicted molar refractivity (Wildman–Crippen MR) is 78.6 cm³/mol. The van der Waals surface area contributed by atoms with E-state index in [4.69, 9.17) is 6.57 Å². The Balaban J connectivity index is 0.000000488. The molecule has 0 bridgehead atoms. The molecule has 1 aromatic rings. The largest absolute Gasteiger partial charge is 0.458 e. The molecule has 0 radical (unpaired) electrons. The van der Waals surface area contributed by atoms with Crippen molar-refractivity contribution in [2.75, 3.05) is 0 Å². The van der Waals surface area contributed by atoms with Crippen LogP contribution in [0.4, 0.5) is 32.0 Å².